The maximum atomic E-state index is 12.8. The van der Waals surface area contributed by atoms with Crippen LogP contribution in [0.2, 0.25) is 0 Å². The Morgan fingerprint density at radius 2 is 1.58 bits per heavy atom. The second-order valence-corrected chi connectivity index (χ2v) is 9.76. The van der Waals surface area contributed by atoms with Gasteiger partial charge >= 0.3 is 6.18 Å². The van der Waals surface area contributed by atoms with E-state index in [0.717, 1.165) is 46.9 Å². The molecule has 0 spiro atoms. The smallest absolute Gasteiger partial charge is 0.416 e. The zero-order valence-electron chi connectivity index (χ0n) is 17.1. The van der Waals surface area contributed by atoms with E-state index >= 15 is 0 Å². The van der Waals surface area contributed by atoms with Gasteiger partial charge in [0.1, 0.15) is 18.2 Å². The summed E-state index contributed by atoms with van der Waals surface area (Å²) < 4.78 is 46.2. The molecule has 4 aliphatic carbocycles. The van der Waals surface area contributed by atoms with Crippen molar-refractivity contribution < 1.29 is 17.9 Å². The van der Waals surface area contributed by atoms with Crippen LogP contribution in [0.25, 0.3) is 5.65 Å². The molecule has 0 amide bonds. The fourth-order valence-electron chi connectivity index (χ4n) is 6.73. The fourth-order valence-corrected chi connectivity index (χ4v) is 6.73. The number of halogens is 3. The van der Waals surface area contributed by atoms with Gasteiger partial charge in [-0.05, 0) is 86.6 Å². The number of ether oxygens (including phenoxy) is 1. The molecule has 3 aromatic rings. The maximum absolute atomic E-state index is 12.8. The van der Waals surface area contributed by atoms with Gasteiger partial charge in [-0.1, -0.05) is 6.07 Å². The molecule has 4 bridgehead atoms. The third-order valence-corrected chi connectivity index (χ3v) is 7.60. The van der Waals surface area contributed by atoms with Crippen LogP contribution in [0.15, 0.2) is 42.6 Å². The Labute approximate surface area is 178 Å². The van der Waals surface area contributed by atoms with E-state index in [1.165, 1.54) is 50.7 Å². The number of hydrogen-bond acceptors (Lipinski definition) is 3. The molecule has 7 heteroatoms. The van der Waals surface area contributed by atoms with Crippen LogP contribution >= 0.6 is 0 Å². The average Bonchev–Trinajstić information content (AvgIpc) is 3.17. The minimum atomic E-state index is -4.35. The van der Waals surface area contributed by atoms with Gasteiger partial charge in [0.2, 0.25) is 0 Å². The highest BCUT2D eigenvalue weighted by molar-refractivity contribution is 5.48. The topological polar surface area (TPSA) is 39.4 Å². The van der Waals surface area contributed by atoms with Crippen molar-refractivity contribution in [1.29, 1.82) is 0 Å². The average molecular weight is 427 g/mol. The number of hydrogen-bond donors (Lipinski definition) is 0. The predicted octanol–water partition coefficient (Wildman–Crippen LogP) is 5.79. The van der Waals surface area contributed by atoms with Gasteiger partial charge in [-0.15, -0.1) is 10.2 Å². The SMILES string of the molecule is FC(F)(F)c1ccc(OCc2cccn3c(C45CC6CC(CC(C6)C4)C5)nnc23)cc1. The van der Waals surface area contributed by atoms with Crippen LogP contribution in [0.4, 0.5) is 13.2 Å². The summed E-state index contributed by atoms with van der Waals surface area (Å²) in [6, 6.07) is 8.71. The molecule has 1 aromatic carbocycles. The third kappa shape index (κ3) is 3.20. The molecule has 4 saturated carbocycles. The first-order valence-electron chi connectivity index (χ1n) is 11.0. The number of pyridine rings is 1. The summed E-state index contributed by atoms with van der Waals surface area (Å²) in [6.45, 7) is 0.231. The number of alkyl halides is 3. The van der Waals surface area contributed by atoms with E-state index in [0.29, 0.717) is 5.75 Å². The Kier molecular flexibility index (Phi) is 4.14. The predicted molar refractivity (Wildman–Crippen MR) is 109 cm³/mol. The van der Waals surface area contributed by atoms with Crippen LogP contribution in [-0.4, -0.2) is 14.6 Å². The van der Waals surface area contributed by atoms with Gasteiger partial charge in [-0.3, -0.25) is 4.40 Å². The molecule has 4 aliphatic rings. The van der Waals surface area contributed by atoms with E-state index in [9.17, 15) is 13.2 Å². The van der Waals surface area contributed by atoms with E-state index < -0.39 is 11.7 Å². The second kappa shape index (κ2) is 6.71. The monoisotopic (exact) mass is 427 g/mol. The molecule has 2 heterocycles. The van der Waals surface area contributed by atoms with Crippen molar-refractivity contribution in [3.63, 3.8) is 0 Å². The van der Waals surface area contributed by atoms with Crippen molar-refractivity contribution in [3.8, 4) is 5.75 Å². The molecule has 0 aliphatic heterocycles. The fraction of sp³-hybridized carbons (Fsp3) is 0.500. The Morgan fingerprint density at radius 1 is 0.935 bits per heavy atom. The lowest BCUT2D eigenvalue weighted by Crippen LogP contribution is -2.49. The van der Waals surface area contributed by atoms with Crippen LogP contribution in [0.1, 0.15) is 55.5 Å². The van der Waals surface area contributed by atoms with Gasteiger partial charge in [-0.2, -0.15) is 13.2 Å². The van der Waals surface area contributed by atoms with Crippen LogP contribution in [0.3, 0.4) is 0 Å². The van der Waals surface area contributed by atoms with Crippen molar-refractivity contribution in [3.05, 3.63) is 59.5 Å². The zero-order chi connectivity index (χ0) is 21.2. The molecule has 0 atom stereocenters. The molecule has 4 nitrogen and oxygen atoms in total. The van der Waals surface area contributed by atoms with E-state index in [1.54, 1.807) is 0 Å². The standard InChI is InChI=1S/C24H24F3N3O/c25-24(26,27)19-3-5-20(6-4-19)31-14-18-2-1-7-30-21(18)28-29-22(30)23-11-15-8-16(12-23)10-17(9-15)13-23/h1-7,15-17H,8-14H2. The molecule has 0 saturated heterocycles. The summed E-state index contributed by atoms with van der Waals surface area (Å²) in [5.41, 5.74) is 1.12. The van der Waals surface area contributed by atoms with Gasteiger partial charge in [0.05, 0.1) is 5.56 Å². The van der Waals surface area contributed by atoms with E-state index in [2.05, 4.69) is 14.6 Å². The molecule has 31 heavy (non-hydrogen) atoms. The zero-order valence-corrected chi connectivity index (χ0v) is 17.1. The van der Waals surface area contributed by atoms with Crippen molar-refractivity contribution in [2.24, 2.45) is 17.8 Å². The van der Waals surface area contributed by atoms with Gasteiger partial charge in [0, 0.05) is 17.2 Å². The van der Waals surface area contributed by atoms with E-state index in [-0.39, 0.29) is 12.0 Å². The van der Waals surface area contributed by atoms with Gasteiger partial charge in [0.15, 0.2) is 5.65 Å². The van der Waals surface area contributed by atoms with E-state index in [4.69, 9.17) is 4.74 Å². The normalized spacial score (nSPS) is 29.6. The minimum absolute atomic E-state index is 0.140. The van der Waals surface area contributed by atoms with Crippen molar-refractivity contribution in [1.82, 2.24) is 14.6 Å². The first kappa shape index (κ1) is 19.1. The summed E-state index contributed by atoms with van der Waals surface area (Å²) in [6.07, 6.45) is 5.46. The molecular formula is C24H24F3N3O. The Bertz CT molecular complexity index is 1080. The van der Waals surface area contributed by atoms with Crippen molar-refractivity contribution >= 4 is 5.65 Å². The summed E-state index contributed by atoms with van der Waals surface area (Å²) >= 11 is 0. The lowest BCUT2D eigenvalue weighted by molar-refractivity contribution is -0.137. The quantitative estimate of drug-likeness (QED) is 0.529. The first-order chi connectivity index (χ1) is 14.9. The maximum Gasteiger partial charge on any atom is 0.416 e. The van der Waals surface area contributed by atoms with Crippen LogP contribution in [0, 0.1) is 17.8 Å². The highest BCUT2D eigenvalue weighted by atomic mass is 19.4. The van der Waals surface area contributed by atoms with E-state index in [1.807, 2.05) is 18.3 Å². The highest BCUT2D eigenvalue weighted by Crippen LogP contribution is 2.60. The largest absolute Gasteiger partial charge is 0.489 e. The van der Waals surface area contributed by atoms with Gasteiger partial charge in [0.25, 0.3) is 0 Å². The second-order valence-electron chi connectivity index (χ2n) is 9.76. The minimum Gasteiger partial charge on any atom is -0.489 e. The van der Waals surface area contributed by atoms with Crippen molar-refractivity contribution in [2.75, 3.05) is 0 Å². The number of benzene rings is 1. The van der Waals surface area contributed by atoms with Crippen molar-refractivity contribution in [2.45, 2.75) is 56.7 Å². The summed E-state index contributed by atoms with van der Waals surface area (Å²) in [7, 11) is 0. The molecule has 162 valence electrons. The molecular weight excluding hydrogens is 403 g/mol. The van der Waals surface area contributed by atoms with Gasteiger partial charge < -0.3 is 4.74 Å². The molecule has 2 aromatic heterocycles. The number of aromatic nitrogens is 3. The molecule has 7 rings (SSSR count). The van der Waals surface area contributed by atoms with Crippen LogP contribution < -0.4 is 4.74 Å². The summed E-state index contributed by atoms with van der Waals surface area (Å²) in [5, 5.41) is 9.19. The molecule has 0 radical (unpaired) electrons. The molecule has 0 unspecified atom stereocenters. The Balaban J connectivity index is 1.26. The number of rotatable bonds is 4. The number of nitrogens with zero attached hydrogens (tertiary/aromatic N) is 3. The number of fused-ring (bicyclic) bond motifs is 1. The molecule has 0 N–H and O–H groups in total. The van der Waals surface area contributed by atoms with Crippen LogP contribution in [0.5, 0.6) is 5.75 Å². The Morgan fingerprint density at radius 3 is 2.19 bits per heavy atom. The van der Waals surface area contributed by atoms with Gasteiger partial charge in [-0.25, -0.2) is 0 Å². The lowest BCUT2D eigenvalue weighted by Gasteiger charge is -2.55. The lowest BCUT2D eigenvalue weighted by atomic mass is 9.49. The summed E-state index contributed by atoms with van der Waals surface area (Å²) in [5.74, 6) is 3.95. The molecule has 4 fully saturated rings. The Hall–Kier alpha value is -2.57. The third-order valence-electron chi connectivity index (χ3n) is 7.60. The first-order valence-corrected chi connectivity index (χ1v) is 11.0. The summed E-state index contributed by atoms with van der Waals surface area (Å²) in [4.78, 5) is 0. The van der Waals surface area contributed by atoms with Crippen LogP contribution in [-0.2, 0) is 18.2 Å². The highest BCUT2D eigenvalue weighted by Gasteiger charge is 2.53.